The van der Waals surface area contributed by atoms with Crippen LogP contribution in [0.25, 0.3) is 11.0 Å². The fraction of sp³-hybridized carbons (Fsp3) is 0.107. The van der Waals surface area contributed by atoms with Crippen LogP contribution in [0.15, 0.2) is 95.0 Å². The molecule has 2 aromatic heterocycles. The van der Waals surface area contributed by atoms with E-state index >= 15 is 0 Å². The number of fused-ring (bicyclic) bond motifs is 1. The summed E-state index contributed by atoms with van der Waals surface area (Å²) in [5.41, 5.74) is 3.00. The minimum Gasteiger partial charge on any atom is -0.508 e. The summed E-state index contributed by atoms with van der Waals surface area (Å²) in [5, 5.41) is 13.9. The molecule has 0 fully saturated rings. The van der Waals surface area contributed by atoms with Crippen LogP contribution in [0.3, 0.4) is 0 Å². The largest absolute Gasteiger partial charge is 0.508 e. The van der Waals surface area contributed by atoms with Crippen molar-refractivity contribution < 1.29 is 14.2 Å². The van der Waals surface area contributed by atoms with Crippen molar-refractivity contribution in [3.05, 3.63) is 102 Å². The number of pyridine rings is 1. The molecular weight excluding hydrogens is 475 g/mol. The quantitative estimate of drug-likeness (QED) is 0.245. The summed E-state index contributed by atoms with van der Waals surface area (Å²) >= 11 is 1.54. The Morgan fingerprint density at radius 3 is 2.61 bits per heavy atom. The molecule has 0 saturated carbocycles. The Bertz CT molecular complexity index is 1530. The maximum absolute atomic E-state index is 13.7. The molecule has 2 N–H and O–H groups in total. The van der Waals surface area contributed by atoms with Gasteiger partial charge in [-0.1, -0.05) is 23.9 Å². The van der Waals surface area contributed by atoms with Crippen LogP contribution in [0.1, 0.15) is 24.3 Å². The SMILES string of the molecule is Cc1ccc2c(Nc3cc(OC(C)c4cccc(F)c4)ccc3Sc3ccc(O)cc3)ncnc2n1. The Morgan fingerprint density at radius 1 is 0.972 bits per heavy atom. The lowest BCUT2D eigenvalue weighted by Gasteiger charge is -2.18. The summed E-state index contributed by atoms with van der Waals surface area (Å²) in [6, 6.07) is 23.0. The molecule has 180 valence electrons. The number of aryl methyl sites for hydroxylation is 1. The molecule has 8 heteroatoms. The Kier molecular flexibility index (Phi) is 6.69. The zero-order valence-electron chi connectivity index (χ0n) is 19.6. The molecule has 1 atom stereocenters. The van der Waals surface area contributed by atoms with E-state index in [2.05, 4.69) is 20.3 Å². The summed E-state index contributed by atoms with van der Waals surface area (Å²) in [6.45, 7) is 3.80. The number of phenolic OH excluding ortho intramolecular Hbond substituents is 1. The molecule has 36 heavy (non-hydrogen) atoms. The van der Waals surface area contributed by atoms with Crippen molar-refractivity contribution in [2.45, 2.75) is 29.7 Å². The number of hydrogen-bond acceptors (Lipinski definition) is 7. The molecule has 0 saturated heterocycles. The lowest BCUT2D eigenvalue weighted by Crippen LogP contribution is -2.04. The Hall–Kier alpha value is -4.17. The number of benzene rings is 3. The zero-order valence-corrected chi connectivity index (χ0v) is 20.5. The first kappa shape index (κ1) is 23.6. The van der Waals surface area contributed by atoms with E-state index < -0.39 is 0 Å². The molecule has 0 bridgehead atoms. The first-order valence-corrected chi connectivity index (χ1v) is 12.1. The highest BCUT2D eigenvalue weighted by molar-refractivity contribution is 7.99. The first-order valence-electron chi connectivity index (χ1n) is 11.3. The Morgan fingerprint density at radius 2 is 1.81 bits per heavy atom. The van der Waals surface area contributed by atoms with E-state index in [1.807, 2.05) is 62.4 Å². The second-order valence-electron chi connectivity index (χ2n) is 8.24. The van der Waals surface area contributed by atoms with Crippen molar-refractivity contribution in [2.24, 2.45) is 0 Å². The molecule has 0 aliphatic heterocycles. The van der Waals surface area contributed by atoms with Gasteiger partial charge in [-0.2, -0.15) is 0 Å². The van der Waals surface area contributed by atoms with Crippen LogP contribution in [0.2, 0.25) is 0 Å². The van der Waals surface area contributed by atoms with Crippen molar-refractivity contribution in [3.8, 4) is 11.5 Å². The normalized spacial score (nSPS) is 11.9. The molecule has 0 aliphatic carbocycles. The molecule has 0 amide bonds. The van der Waals surface area contributed by atoms with Crippen LogP contribution in [0.5, 0.6) is 11.5 Å². The highest BCUT2D eigenvalue weighted by atomic mass is 32.2. The highest BCUT2D eigenvalue weighted by Crippen LogP contribution is 2.39. The number of anilines is 2. The van der Waals surface area contributed by atoms with Gasteiger partial charge in [-0.3, -0.25) is 0 Å². The van der Waals surface area contributed by atoms with Crippen molar-refractivity contribution in [2.75, 3.05) is 5.32 Å². The summed E-state index contributed by atoms with van der Waals surface area (Å²) < 4.78 is 19.9. The standard InChI is InChI=1S/C28H23FN4O2S/c1-17-6-12-24-27(32-17)30-16-31-28(24)33-25-15-22(35-18(2)19-4-3-5-20(29)14-19)9-13-26(25)36-23-10-7-21(34)8-11-23/h3-16,18,34H,1-2H3,(H,30,31,32,33). The van der Waals surface area contributed by atoms with E-state index in [4.69, 9.17) is 4.74 Å². The van der Waals surface area contributed by atoms with Crippen LogP contribution < -0.4 is 10.1 Å². The fourth-order valence-corrected chi connectivity index (χ4v) is 4.59. The van der Waals surface area contributed by atoms with Crippen LogP contribution in [0.4, 0.5) is 15.9 Å². The number of nitrogens with zero attached hydrogens (tertiary/aromatic N) is 3. The lowest BCUT2D eigenvalue weighted by molar-refractivity contribution is 0.226. The summed E-state index contributed by atoms with van der Waals surface area (Å²) in [4.78, 5) is 15.1. The van der Waals surface area contributed by atoms with Gasteiger partial charge in [-0.25, -0.2) is 19.3 Å². The van der Waals surface area contributed by atoms with Crippen LogP contribution >= 0.6 is 11.8 Å². The van der Waals surface area contributed by atoms with Gasteiger partial charge in [0.05, 0.1) is 11.1 Å². The molecule has 3 aromatic carbocycles. The number of nitrogens with one attached hydrogen (secondary N) is 1. The maximum atomic E-state index is 13.7. The second-order valence-corrected chi connectivity index (χ2v) is 9.36. The highest BCUT2D eigenvalue weighted by Gasteiger charge is 2.14. The van der Waals surface area contributed by atoms with Gasteiger partial charge in [0, 0.05) is 21.6 Å². The molecule has 0 aliphatic rings. The van der Waals surface area contributed by atoms with Gasteiger partial charge in [0.1, 0.15) is 35.6 Å². The number of ether oxygens (including phenoxy) is 1. The third kappa shape index (κ3) is 5.39. The number of hydrogen-bond donors (Lipinski definition) is 2. The smallest absolute Gasteiger partial charge is 0.164 e. The average Bonchev–Trinajstić information content (AvgIpc) is 2.87. The average molecular weight is 499 g/mol. The number of aromatic hydroxyl groups is 1. The molecule has 5 aromatic rings. The minimum absolute atomic E-state index is 0.211. The van der Waals surface area contributed by atoms with E-state index in [9.17, 15) is 9.50 Å². The Balaban J connectivity index is 1.50. The number of halogens is 1. The number of phenols is 1. The third-order valence-corrected chi connectivity index (χ3v) is 6.62. The maximum Gasteiger partial charge on any atom is 0.164 e. The lowest BCUT2D eigenvalue weighted by atomic mass is 10.1. The van der Waals surface area contributed by atoms with Gasteiger partial charge in [-0.15, -0.1) is 0 Å². The molecule has 0 spiro atoms. The molecular formula is C28H23FN4O2S. The summed E-state index contributed by atoms with van der Waals surface area (Å²) in [5.74, 6) is 1.15. The van der Waals surface area contributed by atoms with Gasteiger partial charge >= 0.3 is 0 Å². The van der Waals surface area contributed by atoms with Crippen molar-refractivity contribution in [1.29, 1.82) is 0 Å². The number of aromatic nitrogens is 3. The van der Waals surface area contributed by atoms with Crippen molar-refractivity contribution in [3.63, 3.8) is 0 Å². The monoisotopic (exact) mass is 498 g/mol. The topological polar surface area (TPSA) is 80.2 Å². The van der Waals surface area contributed by atoms with Crippen molar-refractivity contribution >= 4 is 34.3 Å². The fourth-order valence-electron chi connectivity index (χ4n) is 3.71. The summed E-state index contributed by atoms with van der Waals surface area (Å²) in [6.07, 6.45) is 1.13. The van der Waals surface area contributed by atoms with Crippen molar-refractivity contribution in [1.82, 2.24) is 15.0 Å². The number of rotatable bonds is 7. The second kappa shape index (κ2) is 10.2. The van der Waals surface area contributed by atoms with Crippen LogP contribution in [0, 0.1) is 12.7 Å². The molecule has 1 unspecified atom stereocenters. The minimum atomic E-state index is -0.351. The molecule has 2 heterocycles. The molecule has 6 nitrogen and oxygen atoms in total. The van der Waals surface area contributed by atoms with Gasteiger partial charge < -0.3 is 15.2 Å². The van der Waals surface area contributed by atoms with Gasteiger partial charge in [0.15, 0.2) is 5.65 Å². The Labute approximate surface area is 212 Å². The third-order valence-electron chi connectivity index (χ3n) is 5.54. The van der Waals surface area contributed by atoms with E-state index in [1.54, 1.807) is 18.2 Å². The van der Waals surface area contributed by atoms with Gasteiger partial charge in [0.25, 0.3) is 0 Å². The first-order chi connectivity index (χ1) is 17.4. The van der Waals surface area contributed by atoms with E-state index in [0.717, 1.165) is 32.1 Å². The summed E-state index contributed by atoms with van der Waals surface area (Å²) in [7, 11) is 0. The molecule has 5 rings (SSSR count). The van der Waals surface area contributed by atoms with Gasteiger partial charge in [-0.05, 0) is 80.1 Å². The van der Waals surface area contributed by atoms with Crippen LogP contribution in [-0.4, -0.2) is 20.1 Å². The molecule has 0 radical (unpaired) electrons. The predicted molar refractivity (Wildman–Crippen MR) is 139 cm³/mol. The van der Waals surface area contributed by atoms with E-state index in [1.165, 1.54) is 30.2 Å². The van der Waals surface area contributed by atoms with Gasteiger partial charge in [0.2, 0.25) is 0 Å². The van der Waals surface area contributed by atoms with Crippen LogP contribution in [-0.2, 0) is 0 Å². The predicted octanol–water partition coefficient (Wildman–Crippen LogP) is 7.21. The zero-order chi connectivity index (χ0) is 25.1. The van der Waals surface area contributed by atoms with E-state index in [0.29, 0.717) is 17.2 Å². The van der Waals surface area contributed by atoms with E-state index in [-0.39, 0.29) is 17.7 Å².